The van der Waals surface area contributed by atoms with E-state index in [2.05, 4.69) is 0 Å². The van der Waals surface area contributed by atoms with Gasteiger partial charge in [-0.1, -0.05) is 0 Å². The lowest BCUT2D eigenvalue weighted by Crippen LogP contribution is -2.32. The predicted octanol–water partition coefficient (Wildman–Crippen LogP) is 0.900. The van der Waals surface area contributed by atoms with Crippen LogP contribution in [0.2, 0.25) is 0 Å². The van der Waals surface area contributed by atoms with Crippen molar-refractivity contribution in [1.29, 1.82) is 0 Å². The fourth-order valence-electron chi connectivity index (χ4n) is 1.29. The standard InChI is InChI=1S/C11H22O5/c1-8(6-15-4)16-7-9(12)5-11(2,3)10(13)14/h8-9,12H,5-7H2,1-4H3,(H,13,14). The maximum atomic E-state index is 10.8. The third-order valence-electron chi connectivity index (χ3n) is 2.30. The molecule has 2 N–H and O–H groups in total. The maximum Gasteiger partial charge on any atom is 0.309 e. The largest absolute Gasteiger partial charge is 0.481 e. The monoisotopic (exact) mass is 234 g/mol. The molecule has 0 aromatic heterocycles. The Kier molecular flexibility index (Phi) is 6.55. The number of aliphatic carboxylic acids is 1. The summed E-state index contributed by atoms with van der Waals surface area (Å²) in [6.07, 6.45) is -0.708. The molecule has 0 aliphatic heterocycles. The summed E-state index contributed by atoms with van der Waals surface area (Å²) in [7, 11) is 1.57. The van der Waals surface area contributed by atoms with Crippen LogP contribution in [0.3, 0.4) is 0 Å². The van der Waals surface area contributed by atoms with Crippen molar-refractivity contribution in [2.24, 2.45) is 5.41 Å². The molecule has 5 heteroatoms. The van der Waals surface area contributed by atoms with E-state index >= 15 is 0 Å². The summed E-state index contributed by atoms with van der Waals surface area (Å²) < 4.78 is 10.2. The molecule has 2 unspecified atom stereocenters. The first-order valence-electron chi connectivity index (χ1n) is 5.31. The lowest BCUT2D eigenvalue weighted by atomic mass is 9.87. The second-order valence-electron chi connectivity index (χ2n) is 4.65. The Morgan fingerprint density at radius 2 is 1.94 bits per heavy atom. The molecule has 16 heavy (non-hydrogen) atoms. The highest BCUT2D eigenvalue weighted by atomic mass is 16.5. The van der Waals surface area contributed by atoms with Crippen LogP contribution in [0.4, 0.5) is 0 Å². The van der Waals surface area contributed by atoms with Gasteiger partial charge in [-0.15, -0.1) is 0 Å². The van der Waals surface area contributed by atoms with E-state index in [0.29, 0.717) is 6.61 Å². The zero-order valence-electron chi connectivity index (χ0n) is 10.4. The predicted molar refractivity (Wildman–Crippen MR) is 59.3 cm³/mol. The fourth-order valence-corrected chi connectivity index (χ4v) is 1.29. The van der Waals surface area contributed by atoms with Gasteiger partial charge in [0.05, 0.1) is 30.8 Å². The van der Waals surface area contributed by atoms with Gasteiger partial charge in [0.1, 0.15) is 0 Å². The Morgan fingerprint density at radius 1 is 1.38 bits per heavy atom. The molecule has 5 nitrogen and oxygen atoms in total. The molecule has 0 saturated heterocycles. The molecule has 0 fully saturated rings. The van der Waals surface area contributed by atoms with Crippen molar-refractivity contribution in [2.45, 2.75) is 39.4 Å². The van der Waals surface area contributed by atoms with E-state index in [1.54, 1.807) is 21.0 Å². The van der Waals surface area contributed by atoms with E-state index in [-0.39, 0.29) is 19.1 Å². The molecule has 0 radical (unpaired) electrons. The van der Waals surface area contributed by atoms with Gasteiger partial charge in [-0.25, -0.2) is 0 Å². The van der Waals surface area contributed by atoms with Crippen LogP contribution in [0.15, 0.2) is 0 Å². The summed E-state index contributed by atoms with van der Waals surface area (Å²) in [5, 5.41) is 18.5. The summed E-state index contributed by atoms with van der Waals surface area (Å²) in [5.41, 5.74) is -0.937. The number of carboxylic acid groups (broad SMARTS) is 1. The Hall–Kier alpha value is -0.650. The molecule has 0 aromatic rings. The molecule has 0 heterocycles. The first kappa shape index (κ1) is 15.3. The maximum absolute atomic E-state index is 10.8. The summed E-state index contributed by atoms with van der Waals surface area (Å²) in [4.78, 5) is 10.8. The average molecular weight is 234 g/mol. The number of ether oxygens (including phenoxy) is 2. The fraction of sp³-hybridized carbons (Fsp3) is 0.909. The third kappa shape index (κ3) is 6.05. The zero-order chi connectivity index (χ0) is 12.8. The zero-order valence-corrected chi connectivity index (χ0v) is 10.4. The number of carboxylic acids is 1. The summed E-state index contributed by atoms with van der Waals surface area (Å²) in [5.74, 6) is -0.920. The van der Waals surface area contributed by atoms with Crippen molar-refractivity contribution in [1.82, 2.24) is 0 Å². The molecule has 96 valence electrons. The first-order chi connectivity index (χ1) is 7.29. The van der Waals surface area contributed by atoms with Crippen molar-refractivity contribution >= 4 is 5.97 Å². The van der Waals surface area contributed by atoms with E-state index in [1.807, 2.05) is 6.92 Å². The average Bonchev–Trinajstić information content (AvgIpc) is 2.14. The summed E-state index contributed by atoms with van der Waals surface area (Å²) >= 11 is 0. The van der Waals surface area contributed by atoms with Crippen LogP contribution < -0.4 is 0 Å². The number of rotatable bonds is 8. The molecule has 2 atom stereocenters. The van der Waals surface area contributed by atoms with E-state index in [4.69, 9.17) is 14.6 Å². The smallest absolute Gasteiger partial charge is 0.309 e. The minimum absolute atomic E-state index is 0.104. The molecule has 0 aliphatic rings. The number of hydrogen-bond acceptors (Lipinski definition) is 4. The van der Waals surface area contributed by atoms with Crippen LogP contribution >= 0.6 is 0 Å². The van der Waals surface area contributed by atoms with Gasteiger partial charge >= 0.3 is 5.97 Å². The van der Waals surface area contributed by atoms with Gasteiger partial charge in [-0.2, -0.15) is 0 Å². The van der Waals surface area contributed by atoms with Crippen LogP contribution in [0.1, 0.15) is 27.2 Å². The highest BCUT2D eigenvalue weighted by Gasteiger charge is 2.30. The van der Waals surface area contributed by atoms with Gasteiger partial charge in [-0.05, 0) is 27.2 Å². The van der Waals surface area contributed by atoms with Gasteiger partial charge in [-0.3, -0.25) is 4.79 Å². The Bertz CT molecular complexity index is 214. The molecule has 0 amide bonds. The van der Waals surface area contributed by atoms with Gasteiger partial charge < -0.3 is 19.7 Å². The lowest BCUT2D eigenvalue weighted by Gasteiger charge is -2.23. The molecule has 0 aliphatic carbocycles. The second-order valence-corrected chi connectivity index (χ2v) is 4.65. The molecule has 0 rings (SSSR count). The van der Waals surface area contributed by atoms with E-state index in [0.717, 1.165) is 0 Å². The number of aliphatic hydroxyl groups is 1. The second kappa shape index (κ2) is 6.83. The molecular weight excluding hydrogens is 212 g/mol. The molecule has 0 saturated carbocycles. The number of methoxy groups -OCH3 is 1. The van der Waals surface area contributed by atoms with Gasteiger partial charge in [0, 0.05) is 7.11 Å². The van der Waals surface area contributed by atoms with Crippen LogP contribution in [0.5, 0.6) is 0 Å². The van der Waals surface area contributed by atoms with Crippen LogP contribution in [0.25, 0.3) is 0 Å². The molecule has 0 spiro atoms. The Labute approximate surface area is 96.4 Å². The van der Waals surface area contributed by atoms with E-state index in [9.17, 15) is 9.90 Å². The Balaban J connectivity index is 3.90. The van der Waals surface area contributed by atoms with E-state index < -0.39 is 17.5 Å². The van der Waals surface area contributed by atoms with Crippen molar-refractivity contribution in [3.63, 3.8) is 0 Å². The third-order valence-corrected chi connectivity index (χ3v) is 2.30. The quantitative estimate of drug-likeness (QED) is 0.652. The van der Waals surface area contributed by atoms with Crippen molar-refractivity contribution < 1.29 is 24.5 Å². The first-order valence-corrected chi connectivity index (χ1v) is 5.31. The number of aliphatic hydroxyl groups excluding tert-OH is 1. The minimum Gasteiger partial charge on any atom is -0.481 e. The SMILES string of the molecule is COCC(C)OCC(O)CC(C)(C)C(=O)O. The van der Waals surface area contributed by atoms with Gasteiger partial charge in [0.2, 0.25) is 0 Å². The van der Waals surface area contributed by atoms with Gasteiger partial charge in [0.25, 0.3) is 0 Å². The van der Waals surface area contributed by atoms with Crippen LogP contribution in [-0.2, 0) is 14.3 Å². The topological polar surface area (TPSA) is 76.0 Å². The lowest BCUT2D eigenvalue weighted by molar-refractivity contribution is -0.149. The van der Waals surface area contributed by atoms with Gasteiger partial charge in [0.15, 0.2) is 0 Å². The Morgan fingerprint density at radius 3 is 2.38 bits per heavy atom. The van der Waals surface area contributed by atoms with Crippen molar-refractivity contribution in [2.75, 3.05) is 20.3 Å². The summed E-state index contributed by atoms with van der Waals surface area (Å²) in [6, 6.07) is 0. The molecule has 0 bridgehead atoms. The molecule has 0 aromatic carbocycles. The normalized spacial score (nSPS) is 15.8. The highest BCUT2D eigenvalue weighted by molar-refractivity contribution is 5.73. The van der Waals surface area contributed by atoms with Crippen LogP contribution in [0, 0.1) is 5.41 Å². The van der Waals surface area contributed by atoms with Crippen LogP contribution in [-0.4, -0.2) is 48.7 Å². The van der Waals surface area contributed by atoms with E-state index in [1.165, 1.54) is 0 Å². The van der Waals surface area contributed by atoms with Crippen molar-refractivity contribution in [3.8, 4) is 0 Å². The van der Waals surface area contributed by atoms with Crippen molar-refractivity contribution in [3.05, 3.63) is 0 Å². The molecular formula is C11H22O5. The highest BCUT2D eigenvalue weighted by Crippen LogP contribution is 2.22. The number of hydrogen-bond donors (Lipinski definition) is 2. The summed E-state index contributed by atoms with van der Waals surface area (Å²) in [6.45, 7) is 5.57. The minimum atomic E-state index is -0.937. The number of carbonyl (C=O) groups is 1.